The second-order valence-electron chi connectivity index (χ2n) is 6.60. The van der Waals surface area contributed by atoms with Gasteiger partial charge in [-0.15, -0.1) is 6.42 Å². The van der Waals surface area contributed by atoms with Gasteiger partial charge in [0.25, 0.3) is 0 Å². The molecule has 0 bridgehead atoms. The lowest BCUT2D eigenvalue weighted by Crippen LogP contribution is -2.59. The van der Waals surface area contributed by atoms with Gasteiger partial charge in [-0.3, -0.25) is 4.90 Å². The van der Waals surface area contributed by atoms with Crippen LogP contribution >= 0.6 is 0 Å². The fourth-order valence-electron chi connectivity index (χ4n) is 3.38. The lowest BCUT2D eigenvalue weighted by atomic mass is 9.73. The summed E-state index contributed by atoms with van der Waals surface area (Å²) in [5.41, 5.74) is -0.0226. The number of rotatable bonds is 2. The lowest BCUT2D eigenvalue weighted by molar-refractivity contribution is -0.105. The van der Waals surface area contributed by atoms with Gasteiger partial charge in [0.2, 0.25) is 0 Å². The summed E-state index contributed by atoms with van der Waals surface area (Å²) in [5.74, 6) is 3.02. The molecule has 2 nitrogen and oxygen atoms in total. The van der Waals surface area contributed by atoms with Gasteiger partial charge in [0, 0.05) is 18.5 Å². The Hall–Kier alpha value is -1.30. The minimum absolute atomic E-state index is 0.147. The van der Waals surface area contributed by atoms with Crippen LogP contribution in [0, 0.1) is 18.3 Å². The van der Waals surface area contributed by atoms with Gasteiger partial charge in [0.1, 0.15) is 0 Å². The molecule has 1 N–H and O–H groups in total. The summed E-state index contributed by atoms with van der Waals surface area (Å²) >= 11 is 0. The number of likely N-dealkylation sites (tertiary alicyclic amines) is 1. The van der Waals surface area contributed by atoms with Gasteiger partial charge in [0.05, 0.1) is 11.1 Å². The van der Waals surface area contributed by atoms with E-state index in [1.807, 2.05) is 30.3 Å². The number of hydrogen-bond acceptors (Lipinski definition) is 2. The first-order valence-electron chi connectivity index (χ1n) is 7.33. The molecule has 1 fully saturated rings. The Bertz CT molecular complexity index is 502. The first-order chi connectivity index (χ1) is 9.31. The zero-order valence-corrected chi connectivity index (χ0v) is 12.9. The van der Waals surface area contributed by atoms with Gasteiger partial charge in [-0.25, -0.2) is 0 Å². The van der Waals surface area contributed by atoms with Crippen LogP contribution in [0.25, 0.3) is 0 Å². The summed E-state index contributed by atoms with van der Waals surface area (Å²) < 4.78 is 0. The van der Waals surface area contributed by atoms with Gasteiger partial charge in [0.15, 0.2) is 0 Å². The van der Waals surface area contributed by atoms with E-state index < -0.39 is 5.60 Å². The smallest absolute Gasteiger partial charge is 0.0948 e. The highest BCUT2D eigenvalue weighted by atomic mass is 16.3. The predicted octanol–water partition coefficient (Wildman–Crippen LogP) is 3.02. The Morgan fingerprint density at radius 3 is 2.45 bits per heavy atom. The third kappa shape index (κ3) is 2.49. The maximum Gasteiger partial charge on any atom is 0.0948 e. The molecule has 1 saturated heterocycles. The normalized spacial score (nSPS) is 31.8. The summed E-state index contributed by atoms with van der Waals surface area (Å²) in [6, 6.07) is 10.3. The van der Waals surface area contributed by atoms with Gasteiger partial charge < -0.3 is 5.11 Å². The Labute approximate surface area is 122 Å². The second-order valence-corrected chi connectivity index (χ2v) is 6.60. The minimum atomic E-state index is -0.762. The maximum absolute atomic E-state index is 11.2. The van der Waals surface area contributed by atoms with E-state index in [2.05, 4.69) is 38.5 Å². The zero-order chi connectivity index (χ0) is 15.0. The van der Waals surface area contributed by atoms with E-state index in [1.54, 1.807) is 0 Å². The monoisotopic (exact) mass is 271 g/mol. The molecule has 1 aliphatic rings. The molecule has 1 aromatic rings. The van der Waals surface area contributed by atoms with Crippen LogP contribution in [-0.4, -0.2) is 28.1 Å². The average molecular weight is 271 g/mol. The quantitative estimate of drug-likeness (QED) is 0.836. The van der Waals surface area contributed by atoms with Crippen LogP contribution in [0.5, 0.6) is 0 Å². The number of terminal acetylenes is 1. The van der Waals surface area contributed by atoms with Crippen LogP contribution in [0.3, 0.4) is 0 Å². The van der Waals surface area contributed by atoms with Gasteiger partial charge >= 0.3 is 0 Å². The van der Waals surface area contributed by atoms with Crippen LogP contribution in [-0.2, 0) is 5.60 Å². The van der Waals surface area contributed by atoms with E-state index in [4.69, 9.17) is 6.42 Å². The Kier molecular flexibility index (Phi) is 3.95. The molecule has 108 valence electrons. The molecule has 0 radical (unpaired) electrons. The van der Waals surface area contributed by atoms with Crippen molar-refractivity contribution in [2.24, 2.45) is 5.92 Å². The number of piperidine rings is 1. The molecular weight excluding hydrogens is 246 g/mol. The van der Waals surface area contributed by atoms with Crippen molar-refractivity contribution < 1.29 is 5.11 Å². The highest BCUT2D eigenvalue weighted by molar-refractivity contribution is 5.25. The second kappa shape index (κ2) is 5.24. The van der Waals surface area contributed by atoms with Gasteiger partial charge in [-0.05, 0) is 32.8 Å². The first-order valence-corrected chi connectivity index (χ1v) is 7.33. The zero-order valence-electron chi connectivity index (χ0n) is 12.9. The summed E-state index contributed by atoms with van der Waals surface area (Å²) in [6.07, 6.45) is 6.38. The first kappa shape index (κ1) is 15.1. The number of hydrogen-bond donors (Lipinski definition) is 1. The van der Waals surface area contributed by atoms with Gasteiger partial charge in [-0.2, -0.15) is 0 Å². The lowest BCUT2D eigenvalue weighted by Gasteiger charge is -2.51. The Balaban J connectivity index is 2.29. The molecule has 0 spiro atoms. The summed E-state index contributed by atoms with van der Waals surface area (Å²) in [7, 11) is 0. The number of nitrogens with zero attached hydrogens (tertiary/aromatic N) is 1. The molecule has 2 rings (SSSR count). The van der Waals surface area contributed by atoms with Crippen LogP contribution in [0.15, 0.2) is 30.3 Å². The Morgan fingerprint density at radius 1 is 1.30 bits per heavy atom. The molecule has 1 heterocycles. The van der Waals surface area contributed by atoms with Crippen molar-refractivity contribution >= 4 is 0 Å². The summed E-state index contributed by atoms with van der Waals surface area (Å²) in [6.45, 7) is 9.22. The molecule has 3 atom stereocenters. The molecule has 20 heavy (non-hydrogen) atoms. The molecule has 1 aromatic carbocycles. The molecule has 0 unspecified atom stereocenters. The molecule has 0 saturated carbocycles. The van der Waals surface area contributed by atoms with E-state index in [0.717, 1.165) is 12.1 Å². The molecule has 0 aliphatic carbocycles. The maximum atomic E-state index is 11.2. The molecule has 0 amide bonds. The topological polar surface area (TPSA) is 23.5 Å². The van der Waals surface area contributed by atoms with Crippen LogP contribution < -0.4 is 0 Å². The Morgan fingerprint density at radius 2 is 1.90 bits per heavy atom. The predicted molar refractivity (Wildman–Crippen MR) is 83.2 cm³/mol. The molecular formula is C18H25NO. The SMILES string of the molecule is C#CC(C)(C)N1C[C@@H](C)[C@@](O)(c2ccccc2)C[C@H]1C. The molecule has 1 aliphatic heterocycles. The average Bonchev–Trinajstić information content (AvgIpc) is 2.43. The molecule has 2 heteroatoms. The van der Waals surface area contributed by atoms with Crippen molar-refractivity contribution in [1.29, 1.82) is 0 Å². The van der Waals surface area contributed by atoms with Crippen LogP contribution in [0.2, 0.25) is 0 Å². The van der Waals surface area contributed by atoms with Crippen molar-refractivity contribution in [2.45, 2.75) is 51.3 Å². The van der Waals surface area contributed by atoms with Crippen molar-refractivity contribution in [3.63, 3.8) is 0 Å². The van der Waals surface area contributed by atoms with E-state index in [-0.39, 0.29) is 17.5 Å². The third-order valence-corrected chi connectivity index (χ3v) is 4.77. The molecule has 0 aromatic heterocycles. The third-order valence-electron chi connectivity index (χ3n) is 4.77. The van der Waals surface area contributed by atoms with Crippen molar-refractivity contribution in [1.82, 2.24) is 4.90 Å². The van der Waals surface area contributed by atoms with Crippen molar-refractivity contribution in [2.75, 3.05) is 6.54 Å². The highest BCUT2D eigenvalue weighted by Crippen LogP contribution is 2.41. The van der Waals surface area contributed by atoms with E-state index in [9.17, 15) is 5.11 Å². The fraction of sp³-hybridized carbons (Fsp3) is 0.556. The summed E-state index contributed by atoms with van der Waals surface area (Å²) in [4.78, 5) is 2.33. The standard InChI is InChI=1S/C18H25NO/c1-6-17(4,5)19-13-14(2)18(20,12-15(19)3)16-10-8-7-9-11-16/h1,7-11,14-15,20H,12-13H2,2-5H3/t14-,15-,18-/m1/s1. The van der Waals surface area contributed by atoms with Crippen LogP contribution in [0.1, 0.15) is 39.7 Å². The summed E-state index contributed by atoms with van der Waals surface area (Å²) in [5, 5.41) is 11.2. The number of benzene rings is 1. The number of aliphatic hydroxyl groups is 1. The highest BCUT2D eigenvalue weighted by Gasteiger charge is 2.46. The van der Waals surface area contributed by atoms with Crippen molar-refractivity contribution in [3.05, 3.63) is 35.9 Å². The van der Waals surface area contributed by atoms with Crippen LogP contribution in [0.4, 0.5) is 0 Å². The largest absolute Gasteiger partial charge is 0.385 e. The minimum Gasteiger partial charge on any atom is -0.385 e. The van der Waals surface area contributed by atoms with E-state index in [0.29, 0.717) is 6.42 Å². The van der Waals surface area contributed by atoms with E-state index in [1.165, 1.54) is 0 Å². The van der Waals surface area contributed by atoms with E-state index >= 15 is 0 Å². The van der Waals surface area contributed by atoms with Crippen molar-refractivity contribution in [3.8, 4) is 12.3 Å². The van der Waals surface area contributed by atoms with Gasteiger partial charge in [-0.1, -0.05) is 43.2 Å². The fourth-order valence-corrected chi connectivity index (χ4v) is 3.38.